The number of rotatable bonds is 16. The molecule has 0 bridgehead atoms. The van der Waals surface area contributed by atoms with Crippen molar-refractivity contribution in [2.24, 2.45) is 17.8 Å². The van der Waals surface area contributed by atoms with Crippen LogP contribution < -0.4 is 11.5 Å². The molecule has 0 atom stereocenters. The summed E-state index contributed by atoms with van der Waals surface area (Å²) in [6.07, 6.45) is 21.8. The van der Waals surface area contributed by atoms with Crippen LogP contribution in [0.3, 0.4) is 0 Å². The van der Waals surface area contributed by atoms with Crippen LogP contribution in [-0.4, -0.2) is 60.2 Å². The minimum absolute atomic E-state index is 0.00977. The topological polar surface area (TPSA) is 244 Å². The predicted octanol–water partition coefficient (Wildman–Crippen LogP) is 15.0. The summed E-state index contributed by atoms with van der Waals surface area (Å²) in [6, 6.07) is 13.0. The van der Waals surface area contributed by atoms with E-state index in [0.717, 1.165) is 72.0 Å². The molecule has 4 aromatic rings. The van der Waals surface area contributed by atoms with Crippen LogP contribution in [0.15, 0.2) is 48.5 Å². The Labute approximate surface area is 469 Å². The molecule has 18 heteroatoms. The Morgan fingerprint density at radius 1 is 0.449 bits per heavy atom. The van der Waals surface area contributed by atoms with Crippen molar-refractivity contribution < 1.29 is 48.0 Å². The van der Waals surface area contributed by atoms with E-state index in [1.54, 1.807) is 52.8 Å². The van der Waals surface area contributed by atoms with E-state index in [9.17, 15) is 39.4 Å². The van der Waals surface area contributed by atoms with Crippen LogP contribution in [-0.2, 0) is 38.2 Å². The number of halogens is 2. The van der Waals surface area contributed by atoms with Crippen LogP contribution in [0, 0.1) is 58.8 Å². The maximum atomic E-state index is 11.9. The second-order valence-corrected chi connectivity index (χ2v) is 21.1. The van der Waals surface area contributed by atoms with Gasteiger partial charge in [-0.25, -0.2) is 19.2 Å². The van der Waals surface area contributed by atoms with Crippen molar-refractivity contribution in [2.45, 2.75) is 164 Å². The fourth-order valence-electron chi connectivity index (χ4n) is 10.4. The lowest BCUT2D eigenvalue weighted by Crippen LogP contribution is -2.13. The lowest BCUT2D eigenvalue weighted by atomic mass is 9.84. The Bertz CT molecular complexity index is 2610. The highest BCUT2D eigenvalue weighted by molar-refractivity contribution is 6.34. The summed E-state index contributed by atoms with van der Waals surface area (Å²) in [5, 5.41) is 22.4. The van der Waals surface area contributed by atoms with Crippen molar-refractivity contribution in [1.82, 2.24) is 0 Å². The zero-order chi connectivity index (χ0) is 57.5. The largest absolute Gasteiger partial charge is 0.462 e. The number of esters is 4. The van der Waals surface area contributed by atoms with Gasteiger partial charge in [-0.3, -0.25) is 20.2 Å². The standard InChI is InChI=1S/C17H23NO4.C17H25NO2.C16H22ClNO2.C10H10ClNO4/c1-3-22-17(19)15-11-16(18(20)21)14(9-12(15)2)10-13-7-5-4-6-8-13;1-3-20-17(19)15-11-16(18)14(9-12(15)2)10-13-7-5-4-6-8-13;1-2-20-16(19)13-10-15(18)12(9-14(13)17)8-11-6-4-3-5-7-11;1-3-16-10(13)7-5-9(12(14)15)8(11)4-6(7)2/h9,11,13H,3-8,10H2,1-2H3;9,11,13H,3-8,10,18H2,1-2H3;9-11H,2-8,18H2,1H3;4-5H,3H2,1-2H3. The first-order valence-electron chi connectivity index (χ1n) is 27.6. The summed E-state index contributed by atoms with van der Waals surface area (Å²) in [6.45, 7) is 13.6. The number of benzene rings is 4. The van der Waals surface area contributed by atoms with E-state index < -0.39 is 22.8 Å². The van der Waals surface area contributed by atoms with Crippen LogP contribution in [0.4, 0.5) is 22.7 Å². The Morgan fingerprint density at radius 3 is 1.14 bits per heavy atom. The number of hydrogen-bond acceptors (Lipinski definition) is 14. The molecule has 3 aliphatic rings. The third kappa shape index (κ3) is 19.6. The van der Waals surface area contributed by atoms with Gasteiger partial charge in [0.25, 0.3) is 11.4 Å². The van der Waals surface area contributed by atoms with Gasteiger partial charge in [0, 0.05) is 29.1 Å². The van der Waals surface area contributed by atoms with Crippen molar-refractivity contribution in [2.75, 3.05) is 37.9 Å². The number of nitro groups is 2. The fraction of sp³-hybridized carbons (Fsp3) is 0.533. The Morgan fingerprint density at radius 2 is 0.756 bits per heavy atom. The summed E-state index contributed by atoms with van der Waals surface area (Å²) in [7, 11) is 0. The second-order valence-electron chi connectivity index (χ2n) is 20.3. The van der Waals surface area contributed by atoms with Gasteiger partial charge in [-0.05, 0) is 144 Å². The Balaban J connectivity index is 0.000000226. The summed E-state index contributed by atoms with van der Waals surface area (Å²) >= 11 is 11.9. The molecule has 0 saturated heterocycles. The third-order valence-electron chi connectivity index (χ3n) is 14.5. The molecule has 3 saturated carbocycles. The summed E-state index contributed by atoms with van der Waals surface area (Å²) in [4.78, 5) is 67.9. The normalized spacial score (nSPS) is 14.7. The third-order valence-corrected chi connectivity index (χ3v) is 15.1. The highest BCUT2D eigenvalue weighted by Gasteiger charge is 2.25. The van der Waals surface area contributed by atoms with E-state index in [4.69, 9.17) is 53.6 Å². The second kappa shape index (κ2) is 32.6. The molecule has 0 aliphatic heterocycles. The van der Waals surface area contributed by atoms with E-state index in [2.05, 4.69) is 6.07 Å². The van der Waals surface area contributed by atoms with E-state index in [0.29, 0.717) is 58.0 Å². The molecule has 0 unspecified atom stereocenters. The lowest BCUT2D eigenvalue weighted by molar-refractivity contribution is -0.385. The molecule has 0 spiro atoms. The highest BCUT2D eigenvalue weighted by atomic mass is 35.5. The summed E-state index contributed by atoms with van der Waals surface area (Å²) < 4.78 is 19.8. The van der Waals surface area contributed by atoms with E-state index in [-0.39, 0.29) is 46.1 Å². The number of carbonyl (C=O) groups excluding carboxylic acids is 4. The number of nitrogen functional groups attached to an aromatic ring is 2. The van der Waals surface area contributed by atoms with Crippen molar-refractivity contribution in [3.05, 3.63) is 134 Å². The number of anilines is 2. The molecule has 3 aliphatic carbocycles. The van der Waals surface area contributed by atoms with Gasteiger partial charge in [-0.15, -0.1) is 0 Å². The molecule has 0 aromatic heterocycles. The maximum absolute atomic E-state index is 11.9. The first-order valence-corrected chi connectivity index (χ1v) is 28.4. The van der Waals surface area contributed by atoms with Gasteiger partial charge in [0.2, 0.25) is 0 Å². The Kier molecular flexibility index (Phi) is 26.9. The van der Waals surface area contributed by atoms with Gasteiger partial charge in [-0.1, -0.05) is 126 Å². The van der Waals surface area contributed by atoms with Gasteiger partial charge in [0.1, 0.15) is 5.02 Å². The molecule has 0 heterocycles. The maximum Gasteiger partial charge on any atom is 0.339 e. The molecule has 0 radical (unpaired) electrons. The van der Waals surface area contributed by atoms with Gasteiger partial charge in [-0.2, -0.15) is 0 Å². The molecule has 0 amide bonds. The van der Waals surface area contributed by atoms with Gasteiger partial charge < -0.3 is 30.4 Å². The SMILES string of the molecule is CCOC(=O)c1cc(N)c(CC2CCCCC2)cc1C.CCOC(=O)c1cc(N)c(CC2CCCCC2)cc1Cl.CCOC(=O)c1cc([N+](=O)[O-])c(CC2CCCCC2)cc1C.CCOC(=O)c1cc([N+](=O)[O-])c(Cl)cc1C. The zero-order valence-electron chi connectivity index (χ0n) is 46.6. The van der Waals surface area contributed by atoms with E-state index >= 15 is 0 Å². The molecule has 3 fully saturated rings. The number of nitro benzene ring substituents is 2. The van der Waals surface area contributed by atoms with Gasteiger partial charge >= 0.3 is 23.9 Å². The molecular formula is C60H80Cl2N4O12. The number of carbonyl (C=O) groups is 4. The Hall–Kier alpha value is -6.26. The first kappa shape index (κ1) is 64.3. The fourth-order valence-corrected chi connectivity index (χ4v) is 11.0. The molecule has 426 valence electrons. The van der Waals surface area contributed by atoms with Crippen molar-refractivity contribution in [3.8, 4) is 0 Å². The summed E-state index contributed by atoms with van der Waals surface area (Å²) in [5.74, 6) is 0.191. The number of aryl methyl sites for hydroxylation is 3. The molecule has 78 heavy (non-hydrogen) atoms. The summed E-state index contributed by atoms with van der Waals surface area (Å²) in [5.41, 5.74) is 20.0. The first-order chi connectivity index (χ1) is 37.2. The zero-order valence-corrected chi connectivity index (χ0v) is 48.1. The number of ether oxygens (including phenoxy) is 4. The number of nitrogens with two attached hydrogens (primary N) is 2. The van der Waals surface area contributed by atoms with Crippen molar-refractivity contribution in [3.63, 3.8) is 0 Å². The quantitative estimate of drug-likeness (QED) is 0.0349. The lowest BCUT2D eigenvalue weighted by Gasteiger charge is -2.22. The molecule has 7 rings (SSSR count). The smallest absolute Gasteiger partial charge is 0.339 e. The number of hydrogen-bond donors (Lipinski definition) is 2. The van der Waals surface area contributed by atoms with Crippen LogP contribution >= 0.6 is 23.2 Å². The van der Waals surface area contributed by atoms with Crippen molar-refractivity contribution in [1.29, 1.82) is 0 Å². The highest BCUT2D eigenvalue weighted by Crippen LogP contribution is 2.35. The van der Waals surface area contributed by atoms with Crippen LogP contribution in [0.2, 0.25) is 10.0 Å². The van der Waals surface area contributed by atoms with Crippen LogP contribution in [0.1, 0.15) is 199 Å². The van der Waals surface area contributed by atoms with Gasteiger partial charge in [0.05, 0.1) is 63.6 Å². The molecule has 16 nitrogen and oxygen atoms in total. The van der Waals surface area contributed by atoms with Crippen molar-refractivity contribution >= 4 is 69.8 Å². The van der Waals surface area contributed by atoms with Gasteiger partial charge in [0.15, 0.2) is 0 Å². The molecule has 4 aromatic carbocycles. The average Bonchev–Trinajstić information content (AvgIpc) is 3.41. The minimum Gasteiger partial charge on any atom is -0.462 e. The predicted molar refractivity (Wildman–Crippen MR) is 307 cm³/mol. The average molecular weight is 1120 g/mol. The van der Waals surface area contributed by atoms with E-state index in [1.165, 1.54) is 101 Å². The van der Waals surface area contributed by atoms with Crippen LogP contribution in [0.25, 0.3) is 0 Å². The van der Waals surface area contributed by atoms with Crippen LogP contribution in [0.5, 0.6) is 0 Å². The minimum atomic E-state index is -0.634. The molecule has 4 N–H and O–H groups in total. The molecular weight excluding hydrogens is 1040 g/mol. The monoisotopic (exact) mass is 1120 g/mol. The number of nitrogens with zero attached hydrogens (tertiary/aromatic N) is 2. The van der Waals surface area contributed by atoms with E-state index in [1.807, 2.05) is 19.9 Å².